The number of ether oxygens (including phenoxy) is 1. The van der Waals surface area contributed by atoms with Crippen LogP contribution in [0.2, 0.25) is 0 Å². The Morgan fingerprint density at radius 2 is 2.36 bits per heavy atom. The van der Waals surface area contributed by atoms with Crippen LogP contribution in [0.25, 0.3) is 0 Å². The van der Waals surface area contributed by atoms with Crippen LogP contribution in [0.1, 0.15) is 36.2 Å². The lowest BCUT2D eigenvalue weighted by atomic mass is 10.1. The van der Waals surface area contributed by atoms with E-state index in [1.54, 1.807) is 14.0 Å². The minimum atomic E-state index is 0.0232. The SMILES string of the molecule is COc1cccc(CCNC(=O)CN2CCC[C@H]2c2noc(C)n2)c1. The average molecular weight is 344 g/mol. The van der Waals surface area contributed by atoms with Gasteiger partial charge < -0.3 is 14.6 Å². The number of amides is 1. The van der Waals surface area contributed by atoms with E-state index in [0.29, 0.717) is 24.8 Å². The molecule has 0 spiro atoms. The zero-order chi connectivity index (χ0) is 17.6. The number of methoxy groups -OCH3 is 1. The van der Waals surface area contributed by atoms with E-state index in [4.69, 9.17) is 9.26 Å². The summed E-state index contributed by atoms with van der Waals surface area (Å²) in [5, 5.41) is 6.99. The number of carbonyl (C=O) groups excluding carboxylic acids is 1. The van der Waals surface area contributed by atoms with Crippen molar-refractivity contribution in [3.63, 3.8) is 0 Å². The molecule has 0 radical (unpaired) electrons. The second kappa shape index (κ2) is 8.11. The summed E-state index contributed by atoms with van der Waals surface area (Å²) in [5.41, 5.74) is 1.14. The van der Waals surface area contributed by atoms with E-state index < -0.39 is 0 Å². The van der Waals surface area contributed by atoms with Gasteiger partial charge in [-0.2, -0.15) is 4.98 Å². The molecule has 1 aromatic carbocycles. The third-order valence-electron chi connectivity index (χ3n) is 4.42. The number of hydrogen-bond acceptors (Lipinski definition) is 6. The van der Waals surface area contributed by atoms with E-state index in [9.17, 15) is 4.79 Å². The van der Waals surface area contributed by atoms with Gasteiger partial charge in [0, 0.05) is 13.5 Å². The van der Waals surface area contributed by atoms with Gasteiger partial charge in [-0.05, 0) is 43.5 Å². The molecular formula is C18H24N4O3. The highest BCUT2D eigenvalue weighted by atomic mass is 16.5. The molecular weight excluding hydrogens is 320 g/mol. The topological polar surface area (TPSA) is 80.5 Å². The molecule has 1 aliphatic rings. The van der Waals surface area contributed by atoms with E-state index in [0.717, 1.165) is 37.1 Å². The van der Waals surface area contributed by atoms with Gasteiger partial charge in [0.25, 0.3) is 0 Å². The van der Waals surface area contributed by atoms with E-state index in [-0.39, 0.29) is 11.9 Å². The first kappa shape index (κ1) is 17.4. The van der Waals surface area contributed by atoms with Crippen LogP contribution >= 0.6 is 0 Å². The number of carbonyl (C=O) groups is 1. The Balaban J connectivity index is 1.47. The highest BCUT2D eigenvalue weighted by molar-refractivity contribution is 5.78. The van der Waals surface area contributed by atoms with Crippen molar-refractivity contribution in [1.29, 1.82) is 0 Å². The van der Waals surface area contributed by atoms with Crippen LogP contribution in [0.15, 0.2) is 28.8 Å². The molecule has 0 unspecified atom stereocenters. The van der Waals surface area contributed by atoms with Crippen molar-refractivity contribution in [1.82, 2.24) is 20.4 Å². The fraction of sp³-hybridized carbons (Fsp3) is 0.500. The number of rotatable bonds is 7. The predicted molar refractivity (Wildman–Crippen MR) is 92.3 cm³/mol. The number of nitrogens with zero attached hydrogens (tertiary/aromatic N) is 3. The minimum absolute atomic E-state index is 0.0232. The summed E-state index contributed by atoms with van der Waals surface area (Å²) < 4.78 is 10.3. The molecule has 1 amide bonds. The Labute approximate surface area is 147 Å². The van der Waals surface area contributed by atoms with Crippen molar-refractivity contribution in [2.75, 3.05) is 26.7 Å². The Bertz CT molecular complexity index is 716. The molecule has 1 saturated heterocycles. The van der Waals surface area contributed by atoms with E-state index in [2.05, 4.69) is 20.4 Å². The summed E-state index contributed by atoms with van der Waals surface area (Å²) in [5.74, 6) is 2.10. The zero-order valence-corrected chi connectivity index (χ0v) is 14.7. The minimum Gasteiger partial charge on any atom is -0.497 e. The number of hydrogen-bond donors (Lipinski definition) is 1. The van der Waals surface area contributed by atoms with Crippen LogP contribution in [-0.4, -0.2) is 47.7 Å². The molecule has 1 aliphatic heterocycles. The van der Waals surface area contributed by atoms with Crippen molar-refractivity contribution in [3.8, 4) is 5.75 Å². The maximum absolute atomic E-state index is 12.3. The molecule has 3 rings (SSSR count). The summed E-state index contributed by atoms with van der Waals surface area (Å²) in [4.78, 5) is 18.7. The second-order valence-electron chi connectivity index (χ2n) is 6.25. The number of aromatic nitrogens is 2. The van der Waals surface area contributed by atoms with Crippen LogP contribution in [0.5, 0.6) is 5.75 Å². The van der Waals surface area contributed by atoms with Crippen LogP contribution in [-0.2, 0) is 11.2 Å². The molecule has 0 aliphatic carbocycles. The highest BCUT2D eigenvalue weighted by Crippen LogP contribution is 2.29. The molecule has 1 aromatic heterocycles. The number of benzene rings is 1. The highest BCUT2D eigenvalue weighted by Gasteiger charge is 2.30. The smallest absolute Gasteiger partial charge is 0.234 e. The molecule has 7 heteroatoms. The van der Waals surface area contributed by atoms with Crippen molar-refractivity contribution >= 4 is 5.91 Å². The van der Waals surface area contributed by atoms with E-state index in [1.165, 1.54) is 0 Å². The fourth-order valence-corrected chi connectivity index (χ4v) is 3.17. The van der Waals surface area contributed by atoms with Gasteiger partial charge in [-0.15, -0.1) is 0 Å². The molecule has 7 nitrogen and oxygen atoms in total. The molecule has 1 atom stereocenters. The first-order valence-electron chi connectivity index (χ1n) is 8.59. The molecule has 25 heavy (non-hydrogen) atoms. The lowest BCUT2D eigenvalue weighted by molar-refractivity contribution is -0.122. The van der Waals surface area contributed by atoms with Crippen LogP contribution in [0, 0.1) is 6.92 Å². The summed E-state index contributed by atoms with van der Waals surface area (Å²) in [6.07, 6.45) is 2.77. The van der Waals surface area contributed by atoms with Gasteiger partial charge in [-0.1, -0.05) is 17.3 Å². The molecule has 134 valence electrons. The third kappa shape index (κ3) is 4.57. The molecule has 1 fully saturated rings. The number of aryl methyl sites for hydroxylation is 1. The normalized spacial score (nSPS) is 17.6. The summed E-state index contributed by atoms with van der Waals surface area (Å²) in [6, 6.07) is 7.96. The Morgan fingerprint density at radius 1 is 1.48 bits per heavy atom. The van der Waals surface area contributed by atoms with Gasteiger partial charge in [0.05, 0.1) is 19.7 Å². The maximum Gasteiger partial charge on any atom is 0.234 e. The second-order valence-corrected chi connectivity index (χ2v) is 6.25. The van der Waals surface area contributed by atoms with Crippen molar-refractivity contribution in [2.24, 2.45) is 0 Å². The molecule has 2 heterocycles. The van der Waals surface area contributed by atoms with E-state index >= 15 is 0 Å². The van der Waals surface area contributed by atoms with Crippen molar-refractivity contribution in [3.05, 3.63) is 41.5 Å². The molecule has 0 saturated carbocycles. The van der Waals surface area contributed by atoms with Crippen LogP contribution in [0.3, 0.4) is 0 Å². The lowest BCUT2D eigenvalue weighted by Gasteiger charge is -2.21. The number of nitrogens with one attached hydrogen (secondary N) is 1. The quantitative estimate of drug-likeness (QED) is 0.826. The standard InChI is InChI=1S/C18H24N4O3/c1-13-20-18(21-25-13)16-7-4-10-22(16)12-17(23)19-9-8-14-5-3-6-15(11-14)24-2/h3,5-6,11,16H,4,7-10,12H2,1-2H3,(H,19,23)/t16-/m0/s1. The van der Waals surface area contributed by atoms with Gasteiger partial charge in [0.1, 0.15) is 5.75 Å². The third-order valence-corrected chi connectivity index (χ3v) is 4.42. The Kier molecular flexibility index (Phi) is 5.65. The van der Waals surface area contributed by atoms with Crippen molar-refractivity contribution in [2.45, 2.75) is 32.2 Å². The summed E-state index contributed by atoms with van der Waals surface area (Å²) in [6.45, 7) is 3.62. The van der Waals surface area contributed by atoms with Gasteiger partial charge in [-0.25, -0.2) is 0 Å². The van der Waals surface area contributed by atoms with Gasteiger partial charge in [-0.3, -0.25) is 9.69 Å². The average Bonchev–Trinajstić information content (AvgIpc) is 3.23. The molecule has 1 N–H and O–H groups in total. The van der Waals surface area contributed by atoms with E-state index in [1.807, 2.05) is 24.3 Å². The Morgan fingerprint density at radius 3 is 3.12 bits per heavy atom. The van der Waals surface area contributed by atoms with Crippen LogP contribution < -0.4 is 10.1 Å². The summed E-state index contributed by atoms with van der Waals surface area (Å²) in [7, 11) is 1.65. The van der Waals surface area contributed by atoms with Crippen LogP contribution in [0.4, 0.5) is 0 Å². The fourth-order valence-electron chi connectivity index (χ4n) is 3.17. The summed E-state index contributed by atoms with van der Waals surface area (Å²) >= 11 is 0. The first-order chi connectivity index (χ1) is 12.2. The lowest BCUT2D eigenvalue weighted by Crippen LogP contribution is -2.38. The monoisotopic (exact) mass is 344 g/mol. The largest absolute Gasteiger partial charge is 0.497 e. The van der Waals surface area contributed by atoms with Gasteiger partial charge in [0.2, 0.25) is 11.8 Å². The number of likely N-dealkylation sites (tertiary alicyclic amines) is 1. The first-order valence-corrected chi connectivity index (χ1v) is 8.59. The molecule has 0 bridgehead atoms. The van der Waals surface area contributed by atoms with Gasteiger partial charge in [0.15, 0.2) is 5.82 Å². The van der Waals surface area contributed by atoms with Gasteiger partial charge >= 0.3 is 0 Å². The van der Waals surface area contributed by atoms with Crippen molar-refractivity contribution < 1.29 is 14.1 Å². The maximum atomic E-state index is 12.3. The zero-order valence-electron chi connectivity index (χ0n) is 14.7. The Hall–Kier alpha value is -2.41. The predicted octanol–water partition coefficient (Wildman–Crippen LogP) is 1.88. The molecule has 2 aromatic rings.